The van der Waals surface area contributed by atoms with E-state index in [0.717, 1.165) is 17.5 Å². The predicted octanol–water partition coefficient (Wildman–Crippen LogP) is 5.94. The fourth-order valence-corrected chi connectivity index (χ4v) is 5.13. The summed E-state index contributed by atoms with van der Waals surface area (Å²) in [6, 6.07) is 29.7. The molecule has 1 N–H and O–H groups in total. The molecule has 5 rings (SSSR count). The van der Waals surface area contributed by atoms with Gasteiger partial charge in [0.2, 0.25) is 0 Å². The molecule has 0 atom stereocenters. The molecule has 1 aliphatic heterocycles. The summed E-state index contributed by atoms with van der Waals surface area (Å²) in [5.74, 6) is -1.24. The number of hydrogen-bond acceptors (Lipinski definition) is 5. The molecule has 4 aromatic rings. The van der Waals surface area contributed by atoms with Crippen molar-refractivity contribution in [3.05, 3.63) is 129 Å². The van der Waals surface area contributed by atoms with Crippen molar-refractivity contribution in [2.45, 2.75) is 25.9 Å². The van der Waals surface area contributed by atoms with Crippen molar-refractivity contribution in [2.75, 3.05) is 18.0 Å². The molecule has 1 amide bonds. The average Bonchev–Trinajstić information content (AvgIpc) is 2.98. The minimum absolute atomic E-state index is 0.0459. The zero-order valence-corrected chi connectivity index (χ0v) is 21.9. The third-order valence-electron chi connectivity index (χ3n) is 7.18. The van der Waals surface area contributed by atoms with E-state index in [1.54, 1.807) is 30.3 Å². The fourth-order valence-electron chi connectivity index (χ4n) is 5.13. The van der Waals surface area contributed by atoms with Gasteiger partial charge in [0.25, 0.3) is 11.6 Å². The van der Waals surface area contributed by atoms with Crippen LogP contribution >= 0.6 is 0 Å². The highest BCUT2D eigenvalue weighted by molar-refractivity contribution is 5.94. The maximum absolute atomic E-state index is 13.2. The topological polar surface area (TPSA) is 104 Å². The molecule has 0 fully saturated rings. The maximum atomic E-state index is 13.2. The number of nitro groups is 1. The third kappa shape index (κ3) is 6.02. The number of carboxylic acid groups (broad SMARTS) is 1. The van der Waals surface area contributed by atoms with Crippen molar-refractivity contribution in [1.29, 1.82) is 0 Å². The lowest BCUT2D eigenvalue weighted by atomic mass is 9.98. The largest absolute Gasteiger partial charge is 0.481 e. The Labute approximate surface area is 232 Å². The van der Waals surface area contributed by atoms with Gasteiger partial charge >= 0.3 is 5.97 Å². The van der Waals surface area contributed by atoms with Crippen LogP contribution in [0.15, 0.2) is 97.1 Å². The Balaban J connectivity index is 1.40. The number of hydrogen-bond donors (Lipinski definition) is 1. The molecule has 0 radical (unpaired) electrons. The number of rotatable bonds is 9. The number of aliphatic carboxylic acids is 1. The van der Waals surface area contributed by atoms with Crippen LogP contribution in [0.4, 0.5) is 11.4 Å². The highest BCUT2D eigenvalue weighted by atomic mass is 16.6. The standard InChI is InChI=1S/C32H29N3O5/c36-31(37)16-18-34(32(38)25-9-2-1-3-10-25)21-23-7-6-12-26(19-23)27-13-14-29(30(20-27)35(39)40)33-17-15-24-8-4-5-11-28(24)22-33/h1-14,19-20H,15-18,21-22H2,(H,36,37). The lowest BCUT2D eigenvalue weighted by Gasteiger charge is -2.30. The van der Waals surface area contributed by atoms with Gasteiger partial charge < -0.3 is 14.9 Å². The van der Waals surface area contributed by atoms with Crippen LogP contribution in [0.1, 0.15) is 33.5 Å². The summed E-state index contributed by atoms with van der Waals surface area (Å²) in [4.78, 5) is 39.8. The summed E-state index contributed by atoms with van der Waals surface area (Å²) in [5, 5.41) is 21.3. The number of amides is 1. The smallest absolute Gasteiger partial charge is 0.305 e. The molecule has 8 nitrogen and oxygen atoms in total. The van der Waals surface area contributed by atoms with Gasteiger partial charge in [0.05, 0.1) is 11.3 Å². The first-order chi connectivity index (χ1) is 19.4. The van der Waals surface area contributed by atoms with E-state index in [4.69, 9.17) is 0 Å². The van der Waals surface area contributed by atoms with E-state index in [9.17, 15) is 24.8 Å². The molecule has 0 saturated heterocycles. The van der Waals surface area contributed by atoms with Crippen molar-refractivity contribution in [3.63, 3.8) is 0 Å². The molecule has 4 aromatic carbocycles. The van der Waals surface area contributed by atoms with Gasteiger partial charge in [0, 0.05) is 37.8 Å². The van der Waals surface area contributed by atoms with Crippen molar-refractivity contribution in [2.24, 2.45) is 0 Å². The summed E-state index contributed by atoms with van der Waals surface area (Å²) in [5.41, 5.74) is 5.84. The van der Waals surface area contributed by atoms with Crippen LogP contribution in [0.2, 0.25) is 0 Å². The molecule has 8 heteroatoms. The molecule has 0 spiro atoms. The van der Waals surface area contributed by atoms with Crippen molar-refractivity contribution < 1.29 is 19.6 Å². The van der Waals surface area contributed by atoms with E-state index < -0.39 is 5.97 Å². The number of carbonyl (C=O) groups excluding carboxylic acids is 1. The van der Waals surface area contributed by atoms with Gasteiger partial charge in [-0.15, -0.1) is 0 Å². The molecule has 0 aliphatic carbocycles. The van der Waals surface area contributed by atoms with E-state index in [-0.39, 0.29) is 36.0 Å². The second-order valence-corrected chi connectivity index (χ2v) is 9.84. The number of carbonyl (C=O) groups is 2. The molecule has 1 heterocycles. The van der Waals surface area contributed by atoms with Crippen molar-refractivity contribution >= 4 is 23.3 Å². The highest BCUT2D eigenvalue weighted by Crippen LogP contribution is 2.36. The Morgan fingerprint density at radius 1 is 0.875 bits per heavy atom. The van der Waals surface area contributed by atoms with Crippen LogP contribution < -0.4 is 4.90 Å². The number of benzene rings is 4. The lowest BCUT2D eigenvalue weighted by molar-refractivity contribution is -0.384. The minimum atomic E-state index is -0.982. The van der Waals surface area contributed by atoms with Gasteiger partial charge in [-0.1, -0.05) is 66.7 Å². The monoisotopic (exact) mass is 535 g/mol. The zero-order chi connectivity index (χ0) is 28.1. The summed E-state index contributed by atoms with van der Waals surface area (Å²) in [6.45, 7) is 1.59. The normalized spacial score (nSPS) is 12.4. The lowest BCUT2D eigenvalue weighted by Crippen LogP contribution is -2.32. The Hall–Kier alpha value is -4.98. The second-order valence-electron chi connectivity index (χ2n) is 9.84. The van der Waals surface area contributed by atoms with Crippen LogP contribution in [-0.4, -0.2) is 39.9 Å². The van der Waals surface area contributed by atoms with Gasteiger partial charge in [-0.3, -0.25) is 19.7 Å². The van der Waals surface area contributed by atoms with Gasteiger partial charge in [0.15, 0.2) is 0 Å². The van der Waals surface area contributed by atoms with Crippen molar-refractivity contribution in [1.82, 2.24) is 4.90 Å². The van der Waals surface area contributed by atoms with Gasteiger partial charge in [-0.05, 0) is 58.5 Å². The molecule has 202 valence electrons. The summed E-state index contributed by atoms with van der Waals surface area (Å²) >= 11 is 0. The predicted molar refractivity (Wildman–Crippen MR) is 153 cm³/mol. The second kappa shape index (κ2) is 11.8. The van der Waals surface area contributed by atoms with Crippen LogP contribution in [0.25, 0.3) is 11.1 Å². The highest BCUT2D eigenvalue weighted by Gasteiger charge is 2.24. The van der Waals surface area contributed by atoms with Gasteiger partial charge in [-0.25, -0.2) is 0 Å². The Bertz CT molecular complexity index is 1550. The maximum Gasteiger partial charge on any atom is 0.305 e. The molecule has 1 aliphatic rings. The first-order valence-corrected chi connectivity index (χ1v) is 13.1. The number of nitrogens with zero attached hydrogens (tertiary/aromatic N) is 3. The van der Waals surface area contributed by atoms with E-state index in [1.165, 1.54) is 16.0 Å². The van der Waals surface area contributed by atoms with Crippen LogP contribution in [-0.2, 0) is 24.3 Å². The molecule has 0 bridgehead atoms. The number of fused-ring (bicyclic) bond motifs is 1. The van der Waals surface area contributed by atoms with E-state index in [2.05, 4.69) is 17.0 Å². The average molecular weight is 536 g/mol. The summed E-state index contributed by atoms with van der Waals surface area (Å²) in [6.07, 6.45) is 0.657. The zero-order valence-electron chi connectivity index (χ0n) is 21.9. The summed E-state index contributed by atoms with van der Waals surface area (Å²) < 4.78 is 0. The molecular formula is C32H29N3O5. The minimum Gasteiger partial charge on any atom is -0.481 e. The number of nitro benzene ring substituents is 1. The molecule has 0 aromatic heterocycles. The molecule has 40 heavy (non-hydrogen) atoms. The van der Waals surface area contributed by atoms with Crippen LogP contribution in [0.5, 0.6) is 0 Å². The van der Waals surface area contributed by atoms with E-state index in [1.807, 2.05) is 54.6 Å². The molecule has 0 saturated carbocycles. The third-order valence-corrected chi connectivity index (χ3v) is 7.18. The van der Waals surface area contributed by atoms with Crippen molar-refractivity contribution in [3.8, 4) is 11.1 Å². The number of carboxylic acids is 1. The summed E-state index contributed by atoms with van der Waals surface area (Å²) in [7, 11) is 0. The Morgan fingerprint density at radius 3 is 2.35 bits per heavy atom. The van der Waals surface area contributed by atoms with E-state index in [0.29, 0.717) is 29.9 Å². The molecule has 0 unspecified atom stereocenters. The first kappa shape index (κ1) is 26.6. The van der Waals surface area contributed by atoms with E-state index >= 15 is 0 Å². The first-order valence-electron chi connectivity index (χ1n) is 13.1. The quantitative estimate of drug-likeness (QED) is 0.210. The molecular weight excluding hydrogens is 506 g/mol. The van der Waals surface area contributed by atoms with Crippen LogP contribution in [0.3, 0.4) is 0 Å². The Kier molecular flexibility index (Phi) is 7.87. The Morgan fingerprint density at radius 2 is 1.60 bits per heavy atom. The van der Waals surface area contributed by atoms with Crippen LogP contribution in [0, 0.1) is 10.1 Å². The van der Waals surface area contributed by atoms with Gasteiger partial charge in [-0.2, -0.15) is 0 Å². The van der Waals surface area contributed by atoms with Gasteiger partial charge in [0.1, 0.15) is 5.69 Å². The SMILES string of the molecule is O=C(O)CCN(Cc1cccc(-c2ccc(N3CCc4ccccc4C3)c([N+](=O)[O-])c2)c1)C(=O)c1ccccc1. The fraction of sp³-hybridized carbons (Fsp3) is 0.188. The number of anilines is 1.